The maximum absolute atomic E-state index is 12.4. The molecule has 0 aliphatic rings. The second-order valence-electron chi connectivity index (χ2n) is 6.78. The molecule has 1 heterocycles. The highest BCUT2D eigenvalue weighted by Crippen LogP contribution is 2.21. The van der Waals surface area contributed by atoms with Crippen LogP contribution < -0.4 is 14.4 Å². The highest BCUT2D eigenvalue weighted by atomic mass is 32.2. The number of rotatable bonds is 8. The van der Waals surface area contributed by atoms with E-state index in [9.17, 15) is 13.2 Å². The molecular weight excluding hydrogens is 404 g/mol. The van der Waals surface area contributed by atoms with Gasteiger partial charge in [0.2, 0.25) is 15.9 Å². The minimum Gasteiger partial charge on any atom is -0.497 e. The second kappa shape index (κ2) is 9.00. The van der Waals surface area contributed by atoms with E-state index in [4.69, 9.17) is 4.74 Å². The van der Waals surface area contributed by atoms with Gasteiger partial charge in [0.15, 0.2) is 0 Å². The van der Waals surface area contributed by atoms with E-state index in [1.54, 1.807) is 49.2 Å². The van der Waals surface area contributed by atoms with Crippen LogP contribution in [0.15, 0.2) is 60.8 Å². The average Bonchev–Trinajstić information content (AvgIpc) is 3.19. The number of benzene rings is 2. The summed E-state index contributed by atoms with van der Waals surface area (Å²) in [6.45, 7) is 1.69. The van der Waals surface area contributed by atoms with E-state index >= 15 is 0 Å². The van der Waals surface area contributed by atoms with Gasteiger partial charge in [0.25, 0.3) is 0 Å². The van der Waals surface area contributed by atoms with E-state index in [1.165, 1.54) is 0 Å². The SMILES string of the molecule is COc1ccc(-n2ccc(CNC(=O)CN(c3ccccc3C)S(C)(=O)=O)n2)cc1. The van der Waals surface area contributed by atoms with Gasteiger partial charge < -0.3 is 10.1 Å². The molecule has 1 amide bonds. The molecule has 0 aliphatic carbocycles. The summed E-state index contributed by atoms with van der Waals surface area (Å²) in [6.07, 6.45) is 2.88. The Morgan fingerprint density at radius 1 is 1.13 bits per heavy atom. The molecule has 0 fully saturated rings. The first-order valence-corrected chi connectivity index (χ1v) is 11.1. The third-order valence-corrected chi connectivity index (χ3v) is 5.65. The lowest BCUT2D eigenvalue weighted by Gasteiger charge is -2.23. The molecular formula is C21H24N4O4S. The largest absolute Gasteiger partial charge is 0.497 e. The fourth-order valence-corrected chi connectivity index (χ4v) is 3.85. The van der Waals surface area contributed by atoms with Crippen molar-refractivity contribution in [2.75, 3.05) is 24.2 Å². The van der Waals surface area contributed by atoms with Crippen LogP contribution in [-0.2, 0) is 21.4 Å². The lowest BCUT2D eigenvalue weighted by molar-refractivity contribution is -0.119. The van der Waals surface area contributed by atoms with Gasteiger partial charge >= 0.3 is 0 Å². The maximum atomic E-state index is 12.4. The standard InChI is InChI=1S/C21H24N4O4S/c1-16-6-4-5-7-20(16)25(30(3,27)28)15-21(26)22-14-17-12-13-24(23-17)18-8-10-19(29-2)11-9-18/h4-13H,14-15H2,1-3H3,(H,22,26). The summed E-state index contributed by atoms with van der Waals surface area (Å²) in [5.41, 5.74) is 2.77. The van der Waals surface area contributed by atoms with Crippen LogP contribution in [0.4, 0.5) is 5.69 Å². The van der Waals surface area contributed by atoms with Gasteiger partial charge in [-0.3, -0.25) is 9.10 Å². The van der Waals surface area contributed by atoms with E-state index in [0.717, 1.165) is 27.6 Å². The number of nitrogens with zero attached hydrogens (tertiary/aromatic N) is 3. The molecule has 1 aromatic heterocycles. The van der Waals surface area contributed by atoms with Crippen molar-refractivity contribution < 1.29 is 17.9 Å². The summed E-state index contributed by atoms with van der Waals surface area (Å²) < 4.78 is 32.4. The van der Waals surface area contributed by atoms with Crippen LogP contribution in [0.3, 0.4) is 0 Å². The molecule has 3 aromatic rings. The van der Waals surface area contributed by atoms with Crippen molar-refractivity contribution in [3.05, 3.63) is 72.1 Å². The second-order valence-corrected chi connectivity index (χ2v) is 8.69. The highest BCUT2D eigenvalue weighted by molar-refractivity contribution is 7.92. The van der Waals surface area contributed by atoms with Crippen LogP contribution in [0.5, 0.6) is 5.75 Å². The Morgan fingerprint density at radius 2 is 1.83 bits per heavy atom. The molecule has 0 saturated heterocycles. The summed E-state index contributed by atoms with van der Waals surface area (Å²) in [6, 6.07) is 16.3. The number of para-hydroxylation sites is 1. The molecule has 0 atom stereocenters. The molecule has 9 heteroatoms. The first-order valence-electron chi connectivity index (χ1n) is 9.27. The molecule has 0 saturated carbocycles. The van der Waals surface area contributed by atoms with Crippen LogP contribution in [0.1, 0.15) is 11.3 Å². The minimum absolute atomic E-state index is 0.188. The monoisotopic (exact) mass is 428 g/mol. The van der Waals surface area contributed by atoms with Crippen LogP contribution in [0.2, 0.25) is 0 Å². The van der Waals surface area contributed by atoms with Crippen molar-refractivity contribution in [3.8, 4) is 11.4 Å². The van der Waals surface area contributed by atoms with E-state index in [1.807, 2.05) is 30.3 Å². The Hall–Kier alpha value is -3.33. The molecule has 0 spiro atoms. The number of aromatic nitrogens is 2. The molecule has 0 radical (unpaired) electrons. The fraction of sp³-hybridized carbons (Fsp3) is 0.238. The van der Waals surface area contributed by atoms with Gasteiger partial charge in [-0.1, -0.05) is 18.2 Å². The molecule has 8 nitrogen and oxygen atoms in total. The van der Waals surface area contributed by atoms with Crippen molar-refractivity contribution in [3.63, 3.8) is 0 Å². The first kappa shape index (κ1) is 21.4. The highest BCUT2D eigenvalue weighted by Gasteiger charge is 2.22. The number of carbonyl (C=O) groups excluding carboxylic acids is 1. The van der Waals surface area contributed by atoms with Gasteiger partial charge in [-0.2, -0.15) is 5.10 Å². The quantitative estimate of drug-likeness (QED) is 0.594. The van der Waals surface area contributed by atoms with Gasteiger partial charge in [-0.15, -0.1) is 0 Å². The third kappa shape index (κ3) is 5.18. The van der Waals surface area contributed by atoms with Gasteiger partial charge in [0, 0.05) is 6.20 Å². The van der Waals surface area contributed by atoms with Crippen molar-refractivity contribution in [1.29, 1.82) is 0 Å². The number of aryl methyl sites for hydroxylation is 1. The van der Waals surface area contributed by atoms with Crippen LogP contribution in [0, 0.1) is 6.92 Å². The molecule has 0 unspecified atom stereocenters. The number of hydrogen-bond donors (Lipinski definition) is 1. The zero-order valence-corrected chi connectivity index (χ0v) is 17.9. The summed E-state index contributed by atoms with van der Waals surface area (Å²) in [5.74, 6) is 0.338. The normalized spacial score (nSPS) is 11.2. The number of methoxy groups -OCH3 is 1. The Bertz CT molecular complexity index is 1120. The molecule has 0 aliphatic heterocycles. The first-order chi connectivity index (χ1) is 14.3. The molecule has 2 aromatic carbocycles. The van der Waals surface area contributed by atoms with E-state index < -0.39 is 15.9 Å². The van der Waals surface area contributed by atoms with Crippen molar-refractivity contribution in [1.82, 2.24) is 15.1 Å². The predicted molar refractivity (Wildman–Crippen MR) is 115 cm³/mol. The Morgan fingerprint density at radius 3 is 2.47 bits per heavy atom. The van der Waals surface area contributed by atoms with Crippen LogP contribution in [-0.4, -0.2) is 44.0 Å². The zero-order chi connectivity index (χ0) is 21.7. The summed E-state index contributed by atoms with van der Waals surface area (Å²) >= 11 is 0. The number of nitrogens with one attached hydrogen (secondary N) is 1. The maximum Gasteiger partial charge on any atom is 0.241 e. The summed E-state index contributed by atoms with van der Waals surface area (Å²) in [7, 11) is -2.01. The number of amides is 1. The molecule has 158 valence electrons. The third-order valence-electron chi connectivity index (χ3n) is 4.52. The van der Waals surface area contributed by atoms with E-state index in [-0.39, 0.29) is 13.1 Å². The Kier molecular flexibility index (Phi) is 6.41. The van der Waals surface area contributed by atoms with E-state index in [2.05, 4.69) is 10.4 Å². The molecule has 3 rings (SSSR count). The molecule has 0 bridgehead atoms. The topological polar surface area (TPSA) is 93.5 Å². The van der Waals surface area contributed by atoms with Gasteiger partial charge in [0.1, 0.15) is 12.3 Å². The van der Waals surface area contributed by atoms with Gasteiger partial charge in [-0.05, 0) is 48.9 Å². The van der Waals surface area contributed by atoms with Crippen molar-refractivity contribution in [2.24, 2.45) is 0 Å². The van der Waals surface area contributed by atoms with Crippen LogP contribution >= 0.6 is 0 Å². The van der Waals surface area contributed by atoms with Crippen molar-refractivity contribution in [2.45, 2.75) is 13.5 Å². The number of sulfonamides is 1. The lowest BCUT2D eigenvalue weighted by atomic mass is 10.2. The van der Waals surface area contributed by atoms with Gasteiger partial charge in [0.05, 0.1) is 37.0 Å². The number of hydrogen-bond acceptors (Lipinski definition) is 5. The lowest BCUT2D eigenvalue weighted by Crippen LogP contribution is -2.40. The Balaban J connectivity index is 1.65. The van der Waals surface area contributed by atoms with Crippen LogP contribution in [0.25, 0.3) is 5.69 Å². The average molecular weight is 429 g/mol. The summed E-state index contributed by atoms with van der Waals surface area (Å²) in [4.78, 5) is 12.4. The minimum atomic E-state index is -3.61. The van der Waals surface area contributed by atoms with Crippen molar-refractivity contribution >= 4 is 21.6 Å². The van der Waals surface area contributed by atoms with Gasteiger partial charge in [-0.25, -0.2) is 13.1 Å². The summed E-state index contributed by atoms with van der Waals surface area (Å²) in [5, 5.41) is 7.17. The number of ether oxygens (including phenoxy) is 1. The smallest absolute Gasteiger partial charge is 0.241 e. The number of anilines is 1. The predicted octanol–water partition coefficient (Wildman–Crippen LogP) is 2.27. The zero-order valence-electron chi connectivity index (χ0n) is 17.1. The fourth-order valence-electron chi connectivity index (χ4n) is 2.93. The van der Waals surface area contributed by atoms with E-state index in [0.29, 0.717) is 11.4 Å². The number of carbonyl (C=O) groups is 1. The molecule has 1 N–H and O–H groups in total. The molecule has 30 heavy (non-hydrogen) atoms. The Labute approximate surface area is 176 Å².